The van der Waals surface area contributed by atoms with Gasteiger partial charge in [-0.3, -0.25) is 9.59 Å². The van der Waals surface area contributed by atoms with Crippen molar-refractivity contribution in [3.05, 3.63) is 40.2 Å². The second-order valence-corrected chi connectivity index (χ2v) is 7.01. The Balaban J connectivity index is 1.55. The summed E-state index contributed by atoms with van der Waals surface area (Å²) in [4.78, 5) is 33.4. The van der Waals surface area contributed by atoms with Crippen LogP contribution in [0.5, 0.6) is 0 Å². The second kappa shape index (κ2) is 8.29. The predicted octanol–water partition coefficient (Wildman–Crippen LogP) is 2.00. The van der Waals surface area contributed by atoms with E-state index in [4.69, 9.17) is 4.74 Å². The Morgan fingerprint density at radius 1 is 1.23 bits per heavy atom. The molecule has 2 aromatic heterocycles. The first-order valence-corrected chi connectivity index (χ1v) is 9.29. The Bertz CT molecular complexity index is 767. The molecule has 2 amide bonds. The molecular formula is C18H22N4O3S. The lowest BCUT2D eigenvalue weighted by molar-refractivity contribution is -0.119. The normalized spacial score (nSPS) is 14.4. The van der Waals surface area contributed by atoms with Gasteiger partial charge in [0.1, 0.15) is 12.4 Å². The molecule has 0 bridgehead atoms. The van der Waals surface area contributed by atoms with Gasteiger partial charge in [-0.15, -0.1) is 11.3 Å². The van der Waals surface area contributed by atoms with Gasteiger partial charge in [-0.1, -0.05) is 0 Å². The lowest BCUT2D eigenvalue weighted by atomic mass is 10.2. The fraction of sp³-hybridized carbons (Fsp3) is 0.389. The van der Waals surface area contributed by atoms with Gasteiger partial charge in [-0.25, -0.2) is 4.98 Å². The summed E-state index contributed by atoms with van der Waals surface area (Å²) in [5, 5.41) is 4.67. The molecule has 3 rings (SSSR count). The Morgan fingerprint density at radius 2 is 2.00 bits per heavy atom. The van der Waals surface area contributed by atoms with Gasteiger partial charge in [0, 0.05) is 33.3 Å². The number of methoxy groups -OCH3 is 1. The molecule has 8 heteroatoms. The van der Waals surface area contributed by atoms with E-state index in [0.717, 1.165) is 29.3 Å². The summed E-state index contributed by atoms with van der Waals surface area (Å²) in [6, 6.07) is 5.68. The molecule has 1 aliphatic heterocycles. The van der Waals surface area contributed by atoms with E-state index >= 15 is 0 Å². The lowest BCUT2D eigenvalue weighted by Gasteiger charge is -2.35. The third-order valence-electron chi connectivity index (χ3n) is 4.25. The highest BCUT2D eigenvalue weighted by Gasteiger charge is 2.24. The Morgan fingerprint density at radius 3 is 2.58 bits per heavy atom. The smallest absolute Gasteiger partial charge is 0.264 e. The van der Waals surface area contributed by atoms with Crippen molar-refractivity contribution in [2.75, 3.05) is 50.1 Å². The van der Waals surface area contributed by atoms with Gasteiger partial charge in [0.05, 0.1) is 16.8 Å². The van der Waals surface area contributed by atoms with E-state index in [2.05, 4.69) is 15.2 Å². The van der Waals surface area contributed by atoms with Crippen LogP contribution in [-0.4, -0.2) is 61.6 Å². The van der Waals surface area contributed by atoms with Crippen LogP contribution < -0.4 is 10.2 Å². The van der Waals surface area contributed by atoms with Crippen LogP contribution in [-0.2, 0) is 9.53 Å². The van der Waals surface area contributed by atoms with E-state index < -0.39 is 0 Å². The minimum Gasteiger partial charge on any atom is -0.375 e. The molecule has 0 aromatic carbocycles. The Hall–Kier alpha value is -2.45. The van der Waals surface area contributed by atoms with Gasteiger partial charge in [-0.2, -0.15) is 0 Å². The number of nitrogens with one attached hydrogen (secondary N) is 1. The first kappa shape index (κ1) is 18.3. The molecule has 0 radical (unpaired) electrons. The van der Waals surface area contributed by atoms with Crippen molar-refractivity contribution in [2.24, 2.45) is 0 Å². The number of carbonyl (C=O) groups is 2. The molecule has 1 N–H and O–H groups in total. The predicted molar refractivity (Wildman–Crippen MR) is 102 cm³/mol. The van der Waals surface area contributed by atoms with Gasteiger partial charge >= 0.3 is 0 Å². The molecule has 1 saturated heterocycles. The zero-order chi connectivity index (χ0) is 18.5. The average molecular weight is 374 g/mol. The molecule has 0 atom stereocenters. The topological polar surface area (TPSA) is 74.8 Å². The van der Waals surface area contributed by atoms with Crippen LogP contribution in [0.25, 0.3) is 0 Å². The lowest BCUT2D eigenvalue weighted by Crippen LogP contribution is -2.49. The van der Waals surface area contributed by atoms with Crippen LogP contribution >= 0.6 is 11.3 Å². The van der Waals surface area contributed by atoms with E-state index in [-0.39, 0.29) is 18.4 Å². The fourth-order valence-corrected chi connectivity index (χ4v) is 3.74. The van der Waals surface area contributed by atoms with Crippen molar-refractivity contribution in [2.45, 2.75) is 6.92 Å². The fourth-order valence-electron chi connectivity index (χ4n) is 2.85. The monoisotopic (exact) mass is 374 g/mol. The van der Waals surface area contributed by atoms with Crippen molar-refractivity contribution in [3.8, 4) is 0 Å². The van der Waals surface area contributed by atoms with E-state index in [9.17, 15) is 9.59 Å². The van der Waals surface area contributed by atoms with E-state index in [0.29, 0.717) is 18.8 Å². The van der Waals surface area contributed by atoms with Crippen LogP contribution in [0.1, 0.15) is 15.2 Å². The summed E-state index contributed by atoms with van der Waals surface area (Å²) < 4.78 is 4.79. The molecule has 2 aromatic rings. The molecule has 1 aliphatic rings. The zero-order valence-corrected chi connectivity index (χ0v) is 15.7. The maximum Gasteiger partial charge on any atom is 0.264 e. The summed E-state index contributed by atoms with van der Waals surface area (Å²) in [5.41, 5.74) is 1.67. The van der Waals surface area contributed by atoms with Crippen molar-refractivity contribution in [1.82, 2.24) is 9.88 Å². The number of hydrogen-bond acceptors (Lipinski definition) is 6. The van der Waals surface area contributed by atoms with Gasteiger partial charge in [-0.05, 0) is 36.1 Å². The largest absolute Gasteiger partial charge is 0.375 e. The number of thiophene rings is 1. The van der Waals surface area contributed by atoms with Crippen molar-refractivity contribution in [1.29, 1.82) is 0 Å². The third kappa shape index (κ3) is 4.20. The van der Waals surface area contributed by atoms with E-state index in [1.165, 1.54) is 18.4 Å². The van der Waals surface area contributed by atoms with Crippen LogP contribution in [0.15, 0.2) is 29.8 Å². The molecule has 0 unspecified atom stereocenters. The first-order chi connectivity index (χ1) is 12.6. The van der Waals surface area contributed by atoms with Gasteiger partial charge in [0.15, 0.2) is 0 Å². The number of rotatable bonds is 5. The maximum atomic E-state index is 12.6. The Labute approximate surface area is 156 Å². The summed E-state index contributed by atoms with van der Waals surface area (Å²) in [6.45, 7) is 4.80. The number of hydrogen-bond donors (Lipinski definition) is 1. The summed E-state index contributed by atoms with van der Waals surface area (Å²) in [5.74, 6) is 0.744. The molecule has 7 nitrogen and oxygen atoms in total. The van der Waals surface area contributed by atoms with Crippen LogP contribution in [0.3, 0.4) is 0 Å². The maximum absolute atomic E-state index is 12.6. The molecule has 0 aliphatic carbocycles. The minimum absolute atomic E-state index is 0.0153. The van der Waals surface area contributed by atoms with Crippen molar-refractivity contribution < 1.29 is 14.3 Å². The number of carbonyl (C=O) groups excluding carboxylic acids is 2. The van der Waals surface area contributed by atoms with Gasteiger partial charge in [0.25, 0.3) is 5.91 Å². The number of anilines is 2. The van der Waals surface area contributed by atoms with Crippen molar-refractivity contribution >= 4 is 34.7 Å². The third-order valence-corrected chi connectivity index (χ3v) is 5.26. The van der Waals surface area contributed by atoms with Gasteiger partial charge in [0.2, 0.25) is 5.91 Å². The molecular weight excluding hydrogens is 352 g/mol. The SMILES string of the molecule is COCC(=O)Nc1ccc(N2CCN(C(=O)c3sccc3C)CC2)nc1. The molecule has 138 valence electrons. The van der Waals surface area contributed by atoms with Crippen molar-refractivity contribution in [3.63, 3.8) is 0 Å². The average Bonchev–Trinajstić information content (AvgIpc) is 3.08. The highest BCUT2D eigenvalue weighted by molar-refractivity contribution is 7.12. The molecule has 3 heterocycles. The quantitative estimate of drug-likeness (QED) is 0.866. The van der Waals surface area contributed by atoms with Crippen LogP contribution in [0.4, 0.5) is 11.5 Å². The molecule has 1 fully saturated rings. The first-order valence-electron chi connectivity index (χ1n) is 8.41. The minimum atomic E-state index is -0.210. The second-order valence-electron chi connectivity index (χ2n) is 6.10. The van der Waals surface area contributed by atoms with Gasteiger partial charge < -0.3 is 19.9 Å². The number of pyridine rings is 1. The molecule has 0 saturated carbocycles. The number of amides is 2. The number of piperazine rings is 1. The summed E-state index contributed by atoms with van der Waals surface area (Å²) >= 11 is 1.50. The molecule has 0 spiro atoms. The van der Waals surface area contributed by atoms with Crippen LogP contribution in [0, 0.1) is 6.92 Å². The number of aryl methyl sites for hydroxylation is 1. The number of nitrogens with zero attached hydrogens (tertiary/aromatic N) is 3. The van der Waals surface area contributed by atoms with E-state index in [1.54, 1.807) is 6.20 Å². The highest BCUT2D eigenvalue weighted by Crippen LogP contribution is 2.21. The van der Waals surface area contributed by atoms with E-state index in [1.807, 2.05) is 35.4 Å². The summed E-state index contributed by atoms with van der Waals surface area (Å²) in [7, 11) is 1.48. The zero-order valence-electron chi connectivity index (χ0n) is 14.9. The molecule has 26 heavy (non-hydrogen) atoms. The Kier molecular flexibility index (Phi) is 5.85. The van der Waals surface area contributed by atoms with Crippen LogP contribution in [0.2, 0.25) is 0 Å². The number of aromatic nitrogens is 1. The highest BCUT2D eigenvalue weighted by atomic mass is 32.1. The standard InChI is InChI=1S/C18H22N4O3S/c1-13-5-10-26-17(13)18(24)22-8-6-21(7-9-22)15-4-3-14(11-19-15)20-16(23)12-25-2/h3-5,10-11H,6-9,12H2,1-2H3,(H,20,23). The number of ether oxygens (including phenoxy) is 1. The summed E-state index contributed by atoms with van der Waals surface area (Å²) in [6.07, 6.45) is 1.63.